The average molecular weight is 516 g/mol. The van der Waals surface area contributed by atoms with E-state index in [-0.39, 0.29) is 23.5 Å². The number of aromatic amines is 1. The Hall–Kier alpha value is -3.59. The summed E-state index contributed by atoms with van der Waals surface area (Å²) in [5.41, 5.74) is 4.67. The molecule has 0 bridgehead atoms. The first-order chi connectivity index (χ1) is 18.5. The molecular formula is C29H34FN7O. The number of rotatable bonds is 5. The van der Waals surface area contributed by atoms with Crippen molar-refractivity contribution in [2.45, 2.75) is 58.0 Å². The van der Waals surface area contributed by atoms with E-state index in [1.807, 2.05) is 35.9 Å². The third-order valence-corrected chi connectivity index (χ3v) is 8.19. The molecule has 9 heteroatoms. The topological polar surface area (TPSA) is 82.9 Å². The summed E-state index contributed by atoms with van der Waals surface area (Å²) >= 11 is 0. The summed E-state index contributed by atoms with van der Waals surface area (Å²) in [5.74, 6) is 0.504. The second-order valence-electron chi connectivity index (χ2n) is 10.8. The van der Waals surface area contributed by atoms with Crippen LogP contribution in [-0.4, -0.2) is 56.3 Å². The van der Waals surface area contributed by atoms with Gasteiger partial charge < -0.3 is 9.88 Å². The third-order valence-electron chi connectivity index (χ3n) is 8.19. The highest BCUT2D eigenvalue weighted by Crippen LogP contribution is 2.34. The Morgan fingerprint density at radius 1 is 0.974 bits per heavy atom. The molecule has 1 atom stereocenters. The van der Waals surface area contributed by atoms with Crippen LogP contribution in [0.4, 0.5) is 10.1 Å². The maximum Gasteiger partial charge on any atom is 0.253 e. The van der Waals surface area contributed by atoms with Crippen molar-refractivity contribution in [1.29, 1.82) is 0 Å². The fraction of sp³-hybridized carbons (Fsp3) is 0.448. The number of piperazine rings is 1. The van der Waals surface area contributed by atoms with E-state index in [2.05, 4.69) is 43.3 Å². The Morgan fingerprint density at radius 2 is 1.71 bits per heavy atom. The van der Waals surface area contributed by atoms with Gasteiger partial charge >= 0.3 is 0 Å². The lowest BCUT2D eigenvalue weighted by atomic mass is 9.94. The standard InChI is InChI=1S/C29H34FN7O/c1-19-16-20(2)24-18-25(29(38)31-26(24)17-19)27(28-32-33-34-37(28)23-6-4-3-5-7-23)36-14-12-35(13-15-36)22-10-8-21(30)9-11-22/h8-11,16-18,23,27H,3-7,12-15H2,1-2H3,(H,31,38)/t27-/m0/s1. The normalized spacial score (nSPS) is 18.2. The molecule has 1 N–H and O–H groups in total. The number of aromatic nitrogens is 5. The minimum atomic E-state index is -0.365. The lowest BCUT2D eigenvalue weighted by Crippen LogP contribution is -2.49. The molecule has 38 heavy (non-hydrogen) atoms. The maximum atomic E-state index is 13.6. The Balaban J connectivity index is 1.40. The lowest BCUT2D eigenvalue weighted by Gasteiger charge is -2.40. The van der Waals surface area contributed by atoms with Crippen molar-refractivity contribution in [1.82, 2.24) is 30.1 Å². The number of fused-ring (bicyclic) bond motifs is 1. The van der Waals surface area contributed by atoms with Crippen LogP contribution in [0.1, 0.15) is 66.7 Å². The molecule has 2 fully saturated rings. The van der Waals surface area contributed by atoms with Crippen molar-refractivity contribution < 1.29 is 4.39 Å². The van der Waals surface area contributed by atoms with Gasteiger partial charge in [0.05, 0.1) is 6.04 Å². The molecule has 6 rings (SSSR count). The summed E-state index contributed by atoms with van der Waals surface area (Å²) in [7, 11) is 0. The number of nitrogens with zero attached hydrogens (tertiary/aromatic N) is 6. The van der Waals surface area contributed by atoms with Crippen LogP contribution in [0.25, 0.3) is 10.9 Å². The molecule has 2 aromatic carbocycles. The molecule has 198 valence electrons. The first-order valence-electron chi connectivity index (χ1n) is 13.6. The molecule has 1 aliphatic carbocycles. The van der Waals surface area contributed by atoms with Gasteiger partial charge in [-0.3, -0.25) is 9.69 Å². The van der Waals surface area contributed by atoms with Crippen LogP contribution >= 0.6 is 0 Å². The summed E-state index contributed by atoms with van der Waals surface area (Å²) < 4.78 is 15.5. The number of tetrazole rings is 1. The number of nitrogens with one attached hydrogen (secondary N) is 1. The summed E-state index contributed by atoms with van der Waals surface area (Å²) in [6, 6.07) is 12.7. The Kier molecular flexibility index (Phi) is 6.69. The first kappa shape index (κ1) is 24.7. The fourth-order valence-corrected chi connectivity index (χ4v) is 6.25. The van der Waals surface area contributed by atoms with E-state index in [1.165, 1.54) is 31.4 Å². The molecule has 2 aliphatic rings. The van der Waals surface area contributed by atoms with E-state index < -0.39 is 0 Å². The molecule has 8 nitrogen and oxygen atoms in total. The van der Waals surface area contributed by atoms with Gasteiger partial charge in [0.2, 0.25) is 0 Å². The number of anilines is 1. The first-order valence-corrected chi connectivity index (χ1v) is 13.6. The SMILES string of the molecule is Cc1cc(C)c2cc([C@@H](c3nnnn3C3CCCCC3)N3CCN(c4ccc(F)cc4)CC3)c(=O)[nH]c2c1. The van der Waals surface area contributed by atoms with Crippen molar-refractivity contribution in [3.8, 4) is 0 Å². The van der Waals surface area contributed by atoms with E-state index in [0.29, 0.717) is 5.56 Å². The summed E-state index contributed by atoms with van der Waals surface area (Å²) in [5, 5.41) is 14.1. The highest BCUT2D eigenvalue weighted by atomic mass is 19.1. The Morgan fingerprint density at radius 3 is 2.45 bits per heavy atom. The van der Waals surface area contributed by atoms with Crippen LogP contribution in [0.5, 0.6) is 0 Å². The van der Waals surface area contributed by atoms with E-state index in [0.717, 1.165) is 72.6 Å². The Labute approximate surface area is 221 Å². The minimum Gasteiger partial charge on any atom is -0.369 e. The van der Waals surface area contributed by atoms with Gasteiger partial charge in [-0.2, -0.15) is 0 Å². The second-order valence-corrected chi connectivity index (χ2v) is 10.8. The van der Waals surface area contributed by atoms with E-state index in [9.17, 15) is 9.18 Å². The number of aryl methyl sites for hydroxylation is 2. The molecular weight excluding hydrogens is 481 g/mol. The summed E-state index contributed by atoms with van der Waals surface area (Å²) in [4.78, 5) is 21.4. The van der Waals surface area contributed by atoms with Gasteiger partial charge in [0.1, 0.15) is 11.9 Å². The number of halogens is 1. The molecule has 3 heterocycles. The minimum absolute atomic E-state index is 0.105. The van der Waals surface area contributed by atoms with Crippen LogP contribution in [0.2, 0.25) is 0 Å². The van der Waals surface area contributed by atoms with Gasteiger partial charge in [-0.05, 0) is 84.6 Å². The number of pyridine rings is 1. The Bertz CT molecular complexity index is 1480. The zero-order valence-corrected chi connectivity index (χ0v) is 22.0. The van der Waals surface area contributed by atoms with Crippen LogP contribution in [0.3, 0.4) is 0 Å². The van der Waals surface area contributed by atoms with E-state index in [1.54, 1.807) is 0 Å². The fourth-order valence-electron chi connectivity index (χ4n) is 6.25. The second kappa shape index (κ2) is 10.3. The summed E-state index contributed by atoms with van der Waals surface area (Å²) in [6.07, 6.45) is 5.68. The average Bonchev–Trinajstić information content (AvgIpc) is 3.40. The number of hydrogen-bond acceptors (Lipinski definition) is 6. The number of hydrogen-bond donors (Lipinski definition) is 1. The van der Waals surface area contributed by atoms with Crippen LogP contribution in [0.15, 0.2) is 47.3 Å². The van der Waals surface area contributed by atoms with Gasteiger partial charge in [0.15, 0.2) is 5.82 Å². The third kappa shape index (κ3) is 4.71. The predicted molar refractivity (Wildman–Crippen MR) is 146 cm³/mol. The van der Waals surface area contributed by atoms with Crippen molar-refractivity contribution in [3.05, 3.63) is 81.2 Å². The molecule has 1 saturated carbocycles. The van der Waals surface area contributed by atoms with Gasteiger partial charge in [0, 0.05) is 48.3 Å². The van der Waals surface area contributed by atoms with E-state index in [4.69, 9.17) is 0 Å². The highest BCUT2D eigenvalue weighted by Gasteiger charge is 2.34. The number of benzene rings is 2. The molecule has 1 aliphatic heterocycles. The van der Waals surface area contributed by atoms with Crippen molar-refractivity contribution in [3.63, 3.8) is 0 Å². The summed E-state index contributed by atoms with van der Waals surface area (Å²) in [6.45, 7) is 7.10. The van der Waals surface area contributed by atoms with Gasteiger partial charge in [-0.1, -0.05) is 25.3 Å². The van der Waals surface area contributed by atoms with Gasteiger partial charge in [0.25, 0.3) is 5.56 Å². The van der Waals surface area contributed by atoms with Crippen molar-refractivity contribution in [2.75, 3.05) is 31.1 Å². The molecule has 0 unspecified atom stereocenters. The molecule has 0 radical (unpaired) electrons. The van der Waals surface area contributed by atoms with Gasteiger partial charge in [-0.25, -0.2) is 9.07 Å². The monoisotopic (exact) mass is 515 g/mol. The molecule has 0 spiro atoms. The van der Waals surface area contributed by atoms with Crippen molar-refractivity contribution in [2.24, 2.45) is 0 Å². The zero-order valence-electron chi connectivity index (χ0n) is 22.0. The quantitative estimate of drug-likeness (QED) is 0.415. The lowest BCUT2D eigenvalue weighted by molar-refractivity contribution is 0.192. The van der Waals surface area contributed by atoms with Crippen molar-refractivity contribution >= 4 is 16.6 Å². The molecule has 4 aromatic rings. The van der Waals surface area contributed by atoms with Crippen LogP contribution in [-0.2, 0) is 0 Å². The molecule has 0 amide bonds. The predicted octanol–water partition coefficient (Wildman–Crippen LogP) is 4.69. The number of H-pyrrole nitrogens is 1. The maximum absolute atomic E-state index is 13.6. The van der Waals surface area contributed by atoms with E-state index >= 15 is 0 Å². The smallest absolute Gasteiger partial charge is 0.253 e. The largest absolute Gasteiger partial charge is 0.369 e. The molecule has 1 saturated heterocycles. The van der Waals surface area contributed by atoms with Crippen LogP contribution < -0.4 is 10.5 Å². The molecule has 2 aromatic heterocycles. The zero-order chi connectivity index (χ0) is 26.2. The van der Waals surface area contributed by atoms with Crippen LogP contribution in [0, 0.1) is 19.7 Å². The van der Waals surface area contributed by atoms with Gasteiger partial charge in [-0.15, -0.1) is 5.10 Å². The highest BCUT2D eigenvalue weighted by molar-refractivity contribution is 5.83.